The Labute approximate surface area is 153 Å². The molecule has 2 amide bonds. The molecule has 2 N–H and O–H groups in total. The smallest absolute Gasteiger partial charge is 0.267 e. The Morgan fingerprint density at radius 3 is 2.24 bits per heavy atom. The topological polar surface area (TPSA) is 84.0 Å². The van der Waals surface area contributed by atoms with Crippen LogP contribution in [0.15, 0.2) is 36.7 Å². The summed E-state index contributed by atoms with van der Waals surface area (Å²) in [5.41, 5.74) is 1.57. The molecule has 0 aliphatic rings. The first-order valence-electron chi connectivity index (χ1n) is 7.54. The number of aryl methyl sites for hydroxylation is 2. The molecule has 2 aromatic heterocycles. The maximum atomic E-state index is 12.2. The Morgan fingerprint density at radius 2 is 1.64 bits per heavy atom. The van der Waals surface area contributed by atoms with Crippen molar-refractivity contribution >= 4 is 40.2 Å². The van der Waals surface area contributed by atoms with Gasteiger partial charge in [0.05, 0.1) is 22.4 Å². The Hall–Kier alpha value is -2.58. The van der Waals surface area contributed by atoms with Gasteiger partial charge in [-0.3, -0.25) is 9.59 Å². The van der Waals surface area contributed by atoms with Crippen LogP contribution < -0.4 is 10.6 Å². The molecule has 128 valence electrons. The van der Waals surface area contributed by atoms with E-state index in [0.717, 1.165) is 15.6 Å². The third-order valence-corrected chi connectivity index (χ3v) is 5.15. The molecule has 2 heterocycles. The lowest BCUT2D eigenvalue weighted by molar-refractivity contribution is 0.0953. The van der Waals surface area contributed by atoms with Gasteiger partial charge in [0.15, 0.2) is 0 Å². The molecule has 0 radical (unpaired) electrons. The van der Waals surface area contributed by atoms with Gasteiger partial charge in [-0.05, 0) is 31.5 Å². The zero-order valence-electron chi connectivity index (χ0n) is 13.7. The summed E-state index contributed by atoms with van der Waals surface area (Å²) in [4.78, 5) is 33.6. The average Bonchev–Trinajstić information content (AvgIpc) is 3.21. The summed E-state index contributed by atoms with van der Waals surface area (Å²) in [5.74, 6) is -0.341. The predicted octanol–water partition coefficient (Wildman–Crippen LogP) is 3.40. The van der Waals surface area contributed by atoms with Gasteiger partial charge in [-0.1, -0.05) is 12.1 Å². The normalized spacial score (nSPS) is 10.5. The Balaban J connectivity index is 1.61. The molecule has 3 rings (SSSR count). The number of anilines is 1. The third-order valence-electron chi connectivity index (χ3n) is 3.33. The van der Waals surface area contributed by atoms with E-state index in [1.54, 1.807) is 12.4 Å². The summed E-state index contributed by atoms with van der Waals surface area (Å²) in [6, 6.07) is 7.38. The van der Waals surface area contributed by atoms with E-state index in [-0.39, 0.29) is 11.8 Å². The number of hydrogen-bond donors (Lipinski definition) is 2. The van der Waals surface area contributed by atoms with Crippen molar-refractivity contribution in [1.29, 1.82) is 0 Å². The molecule has 0 unspecified atom stereocenters. The predicted molar refractivity (Wildman–Crippen MR) is 99.3 cm³/mol. The van der Waals surface area contributed by atoms with E-state index in [0.29, 0.717) is 22.0 Å². The molecule has 1 aromatic carbocycles. The highest BCUT2D eigenvalue weighted by atomic mass is 32.1. The van der Waals surface area contributed by atoms with Crippen LogP contribution in [0.1, 0.15) is 34.9 Å². The molecule has 0 saturated heterocycles. The van der Waals surface area contributed by atoms with Gasteiger partial charge in [0.1, 0.15) is 9.75 Å². The summed E-state index contributed by atoms with van der Waals surface area (Å²) in [5, 5.41) is 7.40. The van der Waals surface area contributed by atoms with E-state index >= 15 is 0 Å². The van der Waals surface area contributed by atoms with Gasteiger partial charge in [-0.2, -0.15) is 0 Å². The minimum atomic E-state index is -0.188. The van der Waals surface area contributed by atoms with Gasteiger partial charge < -0.3 is 10.6 Å². The van der Waals surface area contributed by atoms with Gasteiger partial charge in [0, 0.05) is 12.2 Å². The molecular formula is C17H16N4O2S2. The molecule has 25 heavy (non-hydrogen) atoms. The number of carbonyl (C=O) groups is 2. The number of carbonyl (C=O) groups excluding carboxylic acids is 2. The van der Waals surface area contributed by atoms with Crippen molar-refractivity contribution in [2.45, 2.75) is 20.4 Å². The van der Waals surface area contributed by atoms with Crippen LogP contribution in [0.3, 0.4) is 0 Å². The van der Waals surface area contributed by atoms with Gasteiger partial charge in [0.2, 0.25) is 0 Å². The summed E-state index contributed by atoms with van der Waals surface area (Å²) in [6.45, 7) is 4.09. The quantitative estimate of drug-likeness (QED) is 0.719. The molecule has 3 aromatic rings. The summed E-state index contributed by atoms with van der Waals surface area (Å²) in [7, 11) is 0. The third kappa shape index (κ3) is 4.49. The summed E-state index contributed by atoms with van der Waals surface area (Å²) in [6.07, 6.45) is 3.14. The van der Waals surface area contributed by atoms with Crippen LogP contribution in [0.4, 0.5) is 5.69 Å². The molecular weight excluding hydrogens is 356 g/mol. The van der Waals surface area contributed by atoms with Gasteiger partial charge >= 0.3 is 0 Å². The fraction of sp³-hybridized carbons (Fsp3) is 0.176. The lowest BCUT2D eigenvalue weighted by Crippen LogP contribution is -2.21. The molecule has 0 spiro atoms. The Morgan fingerprint density at radius 1 is 1.00 bits per heavy atom. The second kappa shape index (κ2) is 7.54. The number of nitrogens with zero attached hydrogens (tertiary/aromatic N) is 2. The SMILES string of the molecule is Cc1ncc(C(=O)NCc2cccc(NC(=O)c3cnc(C)s3)c2)s1. The van der Waals surface area contributed by atoms with Crippen LogP contribution in [-0.2, 0) is 6.54 Å². The lowest BCUT2D eigenvalue weighted by atomic mass is 10.2. The Kier molecular flexibility index (Phi) is 5.20. The van der Waals surface area contributed by atoms with Crippen LogP contribution in [0.25, 0.3) is 0 Å². The first-order valence-corrected chi connectivity index (χ1v) is 9.18. The Bertz CT molecular complexity index is 917. The van der Waals surface area contributed by atoms with Crippen molar-refractivity contribution < 1.29 is 9.59 Å². The zero-order valence-corrected chi connectivity index (χ0v) is 15.3. The number of nitrogens with one attached hydrogen (secondary N) is 2. The zero-order chi connectivity index (χ0) is 17.8. The lowest BCUT2D eigenvalue weighted by Gasteiger charge is -2.07. The van der Waals surface area contributed by atoms with Crippen LogP contribution >= 0.6 is 22.7 Å². The number of thiazole rings is 2. The monoisotopic (exact) mass is 372 g/mol. The van der Waals surface area contributed by atoms with E-state index in [2.05, 4.69) is 20.6 Å². The molecule has 8 heteroatoms. The number of aromatic nitrogens is 2. The molecule has 6 nitrogen and oxygen atoms in total. The minimum Gasteiger partial charge on any atom is -0.347 e. The highest BCUT2D eigenvalue weighted by Crippen LogP contribution is 2.16. The number of hydrogen-bond acceptors (Lipinski definition) is 6. The van der Waals surface area contributed by atoms with Gasteiger partial charge in [-0.15, -0.1) is 22.7 Å². The second-order valence-corrected chi connectivity index (χ2v) is 7.79. The van der Waals surface area contributed by atoms with Crippen molar-refractivity contribution in [2.75, 3.05) is 5.32 Å². The molecule has 0 atom stereocenters. The molecule has 0 aliphatic carbocycles. The molecule has 0 aliphatic heterocycles. The summed E-state index contributed by atoms with van der Waals surface area (Å²) >= 11 is 2.71. The maximum absolute atomic E-state index is 12.2. The molecule has 0 saturated carbocycles. The van der Waals surface area contributed by atoms with E-state index in [9.17, 15) is 9.59 Å². The van der Waals surface area contributed by atoms with Crippen molar-refractivity contribution in [3.8, 4) is 0 Å². The minimum absolute atomic E-state index is 0.153. The highest BCUT2D eigenvalue weighted by Gasteiger charge is 2.11. The average molecular weight is 372 g/mol. The van der Waals surface area contributed by atoms with Gasteiger partial charge in [0.25, 0.3) is 11.8 Å². The first-order chi connectivity index (χ1) is 12.0. The van der Waals surface area contributed by atoms with Crippen LogP contribution in [0.2, 0.25) is 0 Å². The fourth-order valence-corrected chi connectivity index (χ4v) is 3.52. The highest BCUT2D eigenvalue weighted by molar-refractivity contribution is 7.13. The first kappa shape index (κ1) is 17.2. The number of amides is 2. The van der Waals surface area contributed by atoms with Crippen molar-refractivity contribution in [2.24, 2.45) is 0 Å². The van der Waals surface area contributed by atoms with Crippen molar-refractivity contribution in [3.05, 3.63) is 62.0 Å². The standard InChI is InChI=1S/C17H16N4O2S2/c1-10-18-8-14(24-10)16(22)20-7-12-4-3-5-13(6-12)21-17(23)15-9-19-11(2)25-15/h3-6,8-9H,7H2,1-2H3,(H,20,22)(H,21,23). The van der Waals surface area contributed by atoms with Gasteiger partial charge in [-0.25, -0.2) is 9.97 Å². The van der Waals surface area contributed by atoms with Crippen LogP contribution in [0, 0.1) is 13.8 Å². The van der Waals surface area contributed by atoms with Crippen LogP contribution in [0.5, 0.6) is 0 Å². The summed E-state index contributed by atoms with van der Waals surface area (Å²) < 4.78 is 0. The van der Waals surface area contributed by atoms with Crippen molar-refractivity contribution in [1.82, 2.24) is 15.3 Å². The largest absolute Gasteiger partial charge is 0.347 e. The molecule has 0 bridgehead atoms. The fourth-order valence-electron chi connectivity index (χ4n) is 2.15. The van der Waals surface area contributed by atoms with Crippen molar-refractivity contribution in [3.63, 3.8) is 0 Å². The van der Waals surface area contributed by atoms with Crippen LogP contribution in [-0.4, -0.2) is 21.8 Å². The number of rotatable bonds is 5. The van der Waals surface area contributed by atoms with E-state index in [4.69, 9.17) is 0 Å². The number of benzene rings is 1. The maximum Gasteiger partial charge on any atom is 0.267 e. The van der Waals surface area contributed by atoms with E-state index in [1.165, 1.54) is 22.7 Å². The molecule has 0 fully saturated rings. The van der Waals surface area contributed by atoms with E-state index < -0.39 is 0 Å². The second-order valence-electron chi connectivity index (χ2n) is 5.32. The van der Waals surface area contributed by atoms with E-state index in [1.807, 2.05) is 38.1 Å².